The first kappa shape index (κ1) is 16.4. The molecule has 1 aromatic rings. The quantitative estimate of drug-likeness (QED) is 0.836. The third-order valence-corrected chi connectivity index (χ3v) is 4.84. The molecule has 0 spiro atoms. The summed E-state index contributed by atoms with van der Waals surface area (Å²) in [6.07, 6.45) is 3.71. The number of amides is 2. The van der Waals surface area contributed by atoms with Crippen LogP contribution in [-0.4, -0.2) is 47.9 Å². The van der Waals surface area contributed by atoms with E-state index in [-0.39, 0.29) is 11.8 Å². The van der Waals surface area contributed by atoms with Crippen LogP contribution in [-0.2, 0) is 4.79 Å². The summed E-state index contributed by atoms with van der Waals surface area (Å²) in [5, 5.41) is 2.88. The van der Waals surface area contributed by atoms with E-state index in [1.165, 1.54) is 0 Å². The van der Waals surface area contributed by atoms with E-state index in [1.54, 1.807) is 17.8 Å². The minimum Gasteiger partial charge on any atom is -0.341 e. The van der Waals surface area contributed by atoms with Gasteiger partial charge in [0.1, 0.15) is 6.04 Å². The van der Waals surface area contributed by atoms with Crippen LogP contribution in [0.4, 0.5) is 0 Å². The summed E-state index contributed by atoms with van der Waals surface area (Å²) in [5.41, 5.74) is 0.558. The summed E-state index contributed by atoms with van der Waals surface area (Å²) >= 11 is 5.05. The molecule has 0 aromatic heterocycles. The zero-order valence-electron chi connectivity index (χ0n) is 12.0. The van der Waals surface area contributed by atoms with Crippen LogP contribution in [0.5, 0.6) is 0 Å². The minimum atomic E-state index is -0.433. The number of nitrogens with zero attached hydrogens (tertiary/aromatic N) is 1. The Labute approximate surface area is 137 Å². The average molecular weight is 371 g/mol. The van der Waals surface area contributed by atoms with Crippen molar-refractivity contribution in [1.29, 1.82) is 0 Å². The van der Waals surface area contributed by atoms with Gasteiger partial charge in [0.15, 0.2) is 0 Å². The molecule has 1 aliphatic heterocycles. The number of hydrogen-bond donors (Lipinski definition) is 1. The molecule has 1 fully saturated rings. The molecule has 1 aliphatic rings. The van der Waals surface area contributed by atoms with Crippen LogP contribution >= 0.6 is 27.7 Å². The van der Waals surface area contributed by atoms with Crippen molar-refractivity contribution in [3.8, 4) is 0 Å². The molecule has 2 amide bonds. The minimum absolute atomic E-state index is 0.0377. The van der Waals surface area contributed by atoms with Gasteiger partial charge in [-0.05, 0) is 52.9 Å². The van der Waals surface area contributed by atoms with Crippen LogP contribution in [0.2, 0.25) is 0 Å². The van der Waals surface area contributed by atoms with Gasteiger partial charge in [0.2, 0.25) is 5.91 Å². The van der Waals surface area contributed by atoms with Crippen LogP contribution in [0.25, 0.3) is 0 Å². The van der Waals surface area contributed by atoms with Crippen molar-refractivity contribution in [1.82, 2.24) is 10.2 Å². The molecule has 1 heterocycles. The first-order valence-electron chi connectivity index (χ1n) is 6.96. The van der Waals surface area contributed by atoms with Gasteiger partial charge in [0.05, 0.1) is 5.56 Å². The third-order valence-electron chi connectivity index (χ3n) is 3.50. The first-order chi connectivity index (χ1) is 10.1. The Morgan fingerprint density at radius 1 is 1.38 bits per heavy atom. The summed E-state index contributed by atoms with van der Waals surface area (Å²) in [5.74, 6) is 0.679. The Hall–Kier alpha value is -1.01. The van der Waals surface area contributed by atoms with Gasteiger partial charge in [0.25, 0.3) is 5.91 Å². The largest absolute Gasteiger partial charge is 0.341 e. The molecular formula is C15H19BrN2O2S. The van der Waals surface area contributed by atoms with Crippen molar-refractivity contribution >= 4 is 39.5 Å². The lowest BCUT2D eigenvalue weighted by molar-refractivity contribution is -0.136. The SMILES string of the molecule is CSCCC(NC(=O)c1ccccc1Br)C(=O)N1CCC1. The van der Waals surface area contributed by atoms with E-state index >= 15 is 0 Å². The van der Waals surface area contributed by atoms with Gasteiger partial charge < -0.3 is 10.2 Å². The number of thioether (sulfide) groups is 1. The molecule has 0 aliphatic carbocycles. The van der Waals surface area contributed by atoms with E-state index in [1.807, 2.05) is 29.4 Å². The number of benzene rings is 1. The molecule has 1 atom stereocenters. The number of hydrogen-bond acceptors (Lipinski definition) is 3. The molecule has 0 radical (unpaired) electrons. The third kappa shape index (κ3) is 4.23. The van der Waals surface area contributed by atoms with E-state index in [0.717, 1.165) is 29.7 Å². The van der Waals surface area contributed by atoms with Gasteiger partial charge >= 0.3 is 0 Å². The fourth-order valence-corrected chi connectivity index (χ4v) is 3.07. The Bertz CT molecular complexity index is 520. The van der Waals surface area contributed by atoms with E-state index < -0.39 is 6.04 Å². The van der Waals surface area contributed by atoms with Crippen LogP contribution in [0.1, 0.15) is 23.2 Å². The van der Waals surface area contributed by atoms with Gasteiger partial charge in [-0.3, -0.25) is 9.59 Å². The lowest BCUT2D eigenvalue weighted by atomic mass is 10.1. The monoisotopic (exact) mass is 370 g/mol. The van der Waals surface area contributed by atoms with Gasteiger partial charge in [-0.1, -0.05) is 12.1 Å². The van der Waals surface area contributed by atoms with Gasteiger partial charge in [-0.15, -0.1) is 0 Å². The number of likely N-dealkylation sites (tertiary alicyclic amines) is 1. The number of carbonyl (C=O) groups excluding carboxylic acids is 2. The molecular weight excluding hydrogens is 352 g/mol. The number of rotatable bonds is 6. The van der Waals surface area contributed by atoms with E-state index in [2.05, 4.69) is 21.2 Å². The molecule has 0 bridgehead atoms. The standard InChI is InChI=1S/C15H19BrN2O2S/c1-21-10-7-13(15(20)18-8-4-9-18)17-14(19)11-5-2-3-6-12(11)16/h2-3,5-6,13H,4,7-10H2,1H3,(H,17,19). The Morgan fingerprint density at radius 3 is 2.67 bits per heavy atom. The van der Waals surface area contributed by atoms with Gasteiger partial charge in [0, 0.05) is 17.6 Å². The molecule has 6 heteroatoms. The Kier molecular flexibility index (Phi) is 6.11. The number of carbonyl (C=O) groups is 2. The molecule has 4 nitrogen and oxygen atoms in total. The van der Waals surface area contributed by atoms with Crippen molar-refractivity contribution in [2.75, 3.05) is 25.1 Å². The van der Waals surface area contributed by atoms with Crippen LogP contribution in [0.15, 0.2) is 28.7 Å². The topological polar surface area (TPSA) is 49.4 Å². The van der Waals surface area contributed by atoms with Crippen LogP contribution in [0, 0.1) is 0 Å². The predicted octanol–water partition coefficient (Wildman–Crippen LogP) is 2.53. The van der Waals surface area contributed by atoms with Gasteiger partial charge in [-0.2, -0.15) is 11.8 Å². The highest BCUT2D eigenvalue weighted by Gasteiger charge is 2.29. The Morgan fingerprint density at radius 2 is 2.10 bits per heavy atom. The normalized spacial score (nSPS) is 15.2. The molecule has 114 valence electrons. The van der Waals surface area contributed by atoms with E-state index in [0.29, 0.717) is 12.0 Å². The number of nitrogens with one attached hydrogen (secondary N) is 1. The summed E-state index contributed by atoms with van der Waals surface area (Å²) in [6.45, 7) is 1.61. The second-order valence-corrected chi connectivity index (χ2v) is 6.81. The van der Waals surface area contributed by atoms with Crippen molar-refractivity contribution in [3.63, 3.8) is 0 Å². The molecule has 21 heavy (non-hydrogen) atoms. The average Bonchev–Trinajstić information content (AvgIpc) is 2.41. The molecule has 1 N–H and O–H groups in total. The van der Waals surface area contributed by atoms with Crippen LogP contribution < -0.4 is 5.32 Å². The fraction of sp³-hybridized carbons (Fsp3) is 0.467. The zero-order valence-corrected chi connectivity index (χ0v) is 14.4. The summed E-state index contributed by atoms with van der Waals surface area (Å²) in [6, 6.07) is 6.81. The van der Waals surface area contributed by atoms with E-state index in [4.69, 9.17) is 0 Å². The summed E-state index contributed by atoms with van der Waals surface area (Å²) in [4.78, 5) is 26.5. The van der Waals surface area contributed by atoms with Crippen LogP contribution in [0.3, 0.4) is 0 Å². The lowest BCUT2D eigenvalue weighted by Gasteiger charge is -2.34. The predicted molar refractivity (Wildman–Crippen MR) is 89.6 cm³/mol. The highest BCUT2D eigenvalue weighted by molar-refractivity contribution is 9.10. The molecule has 1 saturated heterocycles. The molecule has 1 unspecified atom stereocenters. The highest BCUT2D eigenvalue weighted by atomic mass is 79.9. The molecule has 1 aromatic carbocycles. The van der Waals surface area contributed by atoms with Crippen molar-refractivity contribution in [3.05, 3.63) is 34.3 Å². The molecule has 0 saturated carbocycles. The summed E-state index contributed by atoms with van der Waals surface area (Å²) < 4.78 is 0.738. The first-order valence-corrected chi connectivity index (χ1v) is 9.15. The second-order valence-electron chi connectivity index (χ2n) is 4.97. The maximum atomic E-state index is 12.4. The van der Waals surface area contributed by atoms with Crippen molar-refractivity contribution < 1.29 is 9.59 Å². The highest BCUT2D eigenvalue weighted by Crippen LogP contribution is 2.17. The zero-order chi connectivity index (χ0) is 15.2. The smallest absolute Gasteiger partial charge is 0.253 e. The maximum absolute atomic E-state index is 12.4. The fourth-order valence-electron chi connectivity index (χ4n) is 2.13. The second kappa shape index (κ2) is 7.84. The van der Waals surface area contributed by atoms with Crippen molar-refractivity contribution in [2.45, 2.75) is 18.9 Å². The molecule has 2 rings (SSSR count). The maximum Gasteiger partial charge on any atom is 0.253 e. The van der Waals surface area contributed by atoms with Crippen molar-refractivity contribution in [2.24, 2.45) is 0 Å². The van der Waals surface area contributed by atoms with E-state index in [9.17, 15) is 9.59 Å². The van der Waals surface area contributed by atoms with Gasteiger partial charge in [-0.25, -0.2) is 0 Å². The lowest BCUT2D eigenvalue weighted by Crippen LogP contribution is -2.53. The summed E-state index contributed by atoms with van der Waals surface area (Å²) in [7, 11) is 0. The Balaban J connectivity index is 2.05. The number of halogens is 1.